The fraction of sp³-hybridized carbons (Fsp3) is 0.694. The summed E-state index contributed by atoms with van der Waals surface area (Å²) in [4.78, 5) is 40.0. The monoisotopic (exact) mass is 964 g/mol. The first-order valence-corrected chi connectivity index (χ1v) is 29.5. The van der Waals surface area contributed by atoms with E-state index in [0.29, 0.717) is 12.3 Å². The molecule has 0 aromatic carbocycles. The summed E-state index contributed by atoms with van der Waals surface area (Å²) in [6.07, 6.45) is -0.670. The molecule has 0 amide bonds. The van der Waals surface area contributed by atoms with Crippen molar-refractivity contribution in [2.24, 2.45) is 5.92 Å². The maximum Gasteiger partial charge on any atom is 0.386 e. The van der Waals surface area contributed by atoms with Crippen LogP contribution in [0, 0.1) is 23.1 Å². The van der Waals surface area contributed by atoms with Crippen molar-refractivity contribution in [2.45, 2.75) is 134 Å². The number of ether oxygens (including phenoxy) is 2. The number of rotatable bonds is 14. The average molecular weight is 965 g/mol. The summed E-state index contributed by atoms with van der Waals surface area (Å²) in [5.41, 5.74) is -1.83. The summed E-state index contributed by atoms with van der Waals surface area (Å²) in [7, 11) is -7.19. The van der Waals surface area contributed by atoms with Crippen LogP contribution in [-0.4, -0.2) is 96.8 Å². The van der Waals surface area contributed by atoms with Crippen LogP contribution in [0.5, 0.6) is 5.88 Å². The van der Waals surface area contributed by atoms with Gasteiger partial charge in [-0.05, 0) is 40.4 Å². The third-order valence-electron chi connectivity index (χ3n) is 11.3. The Morgan fingerprint density at radius 1 is 1.08 bits per heavy atom. The molecule has 3 aromatic heterocycles. The van der Waals surface area contributed by atoms with E-state index in [2.05, 4.69) is 32.2 Å². The van der Waals surface area contributed by atoms with Crippen molar-refractivity contribution >= 4 is 65.7 Å². The zero-order valence-corrected chi connectivity index (χ0v) is 40.8. The number of H-pyrrole nitrogens is 1. The van der Waals surface area contributed by atoms with Crippen LogP contribution in [0.15, 0.2) is 35.9 Å². The van der Waals surface area contributed by atoms with E-state index in [0.717, 1.165) is 12.5 Å². The molecular weight excluding hydrogens is 910 g/mol. The Morgan fingerprint density at radius 2 is 1.80 bits per heavy atom. The van der Waals surface area contributed by atoms with Crippen LogP contribution in [0.2, 0.25) is 22.2 Å². The molecule has 2 aliphatic heterocycles. The fourth-order valence-corrected chi connectivity index (χ4v) is 21.7. The van der Waals surface area contributed by atoms with E-state index in [4.69, 9.17) is 52.4 Å². The molecule has 25 heteroatoms. The molecule has 0 radical (unpaired) electrons. The van der Waals surface area contributed by atoms with Crippen molar-refractivity contribution in [3.8, 4) is 11.9 Å². The van der Waals surface area contributed by atoms with Crippen LogP contribution < -0.4 is 10.3 Å². The van der Waals surface area contributed by atoms with Crippen molar-refractivity contribution in [1.29, 1.82) is 5.26 Å². The lowest BCUT2D eigenvalue weighted by Crippen LogP contribution is -2.62. The molecule has 0 unspecified atom stereocenters. The van der Waals surface area contributed by atoms with Gasteiger partial charge in [-0.1, -0.05) is 67.6 Å². The average Bonchev–Trinajstić information content (AvgIpc) is 3.84. The minimum Gasteiger partial charge on any atom is -0.474 e. The Bertz CT molecular complexity index is 2170. The number of thiol groups is 1. The van der Waals surface area contributed by atoms with Gasteiger partial charge in [-0.3, -0.25) is 18.4 Å². The second-order valence-corrected chi connectivity index (χ2v) is 31.1. The number of hydrogen-bond acceptors (Lipinski definition) is 17. The van der Waals surface area contributed by atoms with E-state index < -0.39 is 91.3 Å². The number of nitrogens with one attached hydrogen (secondary N) is 1. The quantitative estimate of drug-likeness (QED) is 0.0623. The molecule has 9 atom stereocenters. The standard InChI is InChI=1S/C36H55FN6O12P2S2Si2/c1-21(2)60(46,22(3)4)55-61(23(5)6,24(7)8)54-32-29-18-48-56(45,58)52-28-15-26(50-30-10-12-39-19-40-30)14-25(28)17-49-57(59,47-13-9-11-38)53-33(32)36(51-29)43-16-27(37)31-34(43)41-20-42-35(31)44/h10,12,16,19-26,28-29,32-33,36,46H,9,13-15,17-18H2,1-8H3,(H,45,58)(H,41,42,44)/t25-,26-,28+,29-,32-,33-,36-,56+,57-/m1/s1. The summed E-state index contributed by atoms with van der Waals surface area (Å²) < 4.78 is 90.2. The van der Waals surface area contributed by atoms with E-state index in [9.17, 15) is 19.4 Å². The molecule has 3 fully saturated rings. The predicted molar refractivity (Wildman–Crippen MR) is 232 cm³/mol. The molecule has 2 bridgehead atoms. The highest BCUT2D eigenvalue weighted by Crippen LogP contribution is 2.60. The molecule has 61 heavy (non-hydrogen) atoms. The summed E-state index contributed by atoms with van der Waals surface area (Å²) in [5, 5.41) is 9.15. The molecule has 3 aliphatic rings. The van der Waals surface area contributed by atoms with Gasteiger partial charge < -0.3 is 41.4 Å². The predicted octanol–water partition coefficient (Wildman–Crippen LogP) is 7.34. The zero-order valence-electron chi connectivity index (χ0n) is 35.3. The van der Waals surface area contributed by atoms with Gasteiger partial charge in [0.2, 0.25) is 5.88 Å². The molecule has 338 valence electrons. The smallest absolute Gasteiger partial charge is 0.386 e. The van der Waals surface area contributed by atoms with Gasteiger partial charge in [-0.25, -0.2) is 23.9 Å². The van der Waals surface area contributed by atoms with Crippen molar-refractivity contribution in [3.63, 3.8) is 0 Å². The molecular formula is C36H55FN6O12P2S2Si2. The molecule has 1 aliphatic carbocycles. The molecule has 1 saturated carbocycles. The zero-order chi connectivity index (χ0) is 44.5. The van der Waals surface area contributed by atoms with Gasteiger partial charge in [0.05, 0.1) is 44.7 Å². The topological polar surface area (TPSA) is 221 Å². The molecule has 6 rings (SSSR count). The van der Waals surface area contributed by atoms with Gasteiger partial charge in [0, 0.05) is 30.8 Å². The Kier molecular flexibility index (Phi) is 15.6. The number of aromatic nitrogens is 5. The molecule has 2 N–H and O–H groups in total. The minimum absolute atomic E-state index is 0.0583. The molecule has 3 aromatic rings. The maximum absolute atomic E-state index is 15.7. The number of fused-ring (bicyclic) bond motifs is 4. The second-order valence-electron chi connectivity index (χ2n) is 16.6. The second kappa shape index (κ2) is 19.6. The van der Waals surface area contributed by atoms with Gasteiger partial charge in [-0.15, -0.1) is 0 Å². The summed E-state index contributed by atoms with van der Waals surface area (Å²) in [6, 6.07) is 3.65. The molecule has 18 nitrogen and oxygen atoms in total. The number of nitriles is 1. The lowest BCUT2D eigenvalue weighted by Gasteiger charge is -2.47. The Hall–Kier alpha value is -1.98. The first kappa shape index (κ1) is 48.5. The third-order valence-corrected chi connectivity index (χ3v) is 25.0. The summed E-state index contributed by atoms with van der Waals surface area (Å²) >= 11 is 10.5. The highest BCUT2D eigenvalue weighted by molar-refractivity contribution is 8.44. The Balaban J connectivity index is 1.48. The van der Waals surface area contributed by atoms with E-state index in [1.807, 2.05) is 61.5 Å². The maximum atomic E-state index is 15.7. The van der Waals surface area contributed by atoms with E-state index in [-0.39, 0.29) is 59.3 Å². The van der Waals surface area contributed by atoms with Gasteiger partial charge in [-0.2, -0.15) is 5.26 Å². The Morgan fingerprint density at radius 3 is 2.44 bits per heavy atom. The highest BCUT2D eigenvalue weighted by atomic mass is 32.7. The first-order valence-electron chi connectivity index (χ1n) is 20.2. The number of aromatic amines is 1. The summed E-state index contributed by atoms with van der Waals surface area (Å²) in [6.45, 7) is 6.58. The van der Waals surface area contributed by atoms with Crippen molar-refractivity contribution in [2.75, 3.05) is 19.8 Å². The van der Waals surface area contributed by atoms with E-state index in [1.54, 1.807) is 12.3 Å². The number of hydrogen-bond donors (Lipinski definition) is 3. The van der Waals surface area contributed by atoms with Crippen LogP contribution in [0.25, 0.3) is 11.0 Å². The van der Waals surface area contributed by atoms with Gasteiger partial charge in [0.25, 0.3) is 5.56 Å². The highest BCUT2D eigenvalue weighted by Gasteiger charge is 2.60. The van der Waals surface area contributed by atoms with Crippen LogP contribution in [-0.2, 0) is 52.3 Å². The van der Waals surface area contributed by atoms with Gasteiger partial charge >= 0.3 is 30.6 Å². The summed E-state index contributed by atoms with van der Waals surface area (Å²) in [5.74, 6) is -1.05. The first-order chi connectivity index (χ1) is 28.7. The SMILES string of the molecule is CC(C)[Si](O)(O[Si](O[C@H]1[C@H]2O[P@@](=S)(OCCC#N)OC[C@H]3C[C@@H](Oc4ccncn4)C[C@@H]3O[P@@](=O)(S)OC[C@H]1O[C@H]2n1cc(F)c2c(=O)[nH]cnc21)(C(C)C)C(C)C)C(C)C. The lowest BCUT2D eigenvalue weighted by atomic mass is 10.1. The largest absolute Gasteiger partial charge is 0.474 e. The van der Waals surface area contributed by atoms with Crippen LogP contribution in [0.1, 0.15) is 80.9 Å². The number of halogens is 1. The Labute approximate surface area is 366 Å². The lowest BCUT2D eigenvalue weighted by molar-refractivity contribution is -0.0505. The van der Waals surface area contributed by atoms with Crippen molar-refractivity contribution < 1.29 is 54.4 Å². The normalized spacial score (nSPS) is 30.4. The van der Waals surface area contributed by atoms with Gasteiger partial charge in [0.1, 0.15) is 36.1 Å². The fourth-order valence-electron chi connectivity index (χ4n) is 8.10. The van der Waals surface area contributed by atoms with Crippen LogP contribution in [0.4, 0.5) is 4.39 Å². The molecule has 0 spiro atoms. The van der Waals surface area contributed by atoms with E-state index >= 15 is 4.39 Å². The van der Waals surface area contributed by atoms with Crippen molar-refractivity contribution in [3.05, 3.63) is 47.3 Å². The minimum atomic E-state index is -4.21. The van der Waals surface area contributed by atoms with E-state index in [1.165, 1.54) is 10.9 Å². The number of nitrogens with zero attached hydrogens (tertiary/aromatic N) is 5. The molecule has 5 heterocycles. The van der Waals surface area contributed by atoms with Crippen LogP contribution in [0.3, 0.4) is 0 Å². The van der Waals surface area contributed by atoms with Gasteiger partial charge in [0.15, 0.2) is 17.7 Å². The molecule has 2 saturated heterocycles. The van der Waals surface area contributed by atoms with Crippen LogP contribution >= 0.6 is 25.8 Å². The third kappa shape index (κ3) is 10.6. The van der Waals surface area contributed by atoms with Crippen molar-refractivity contribution in [1.82, 2.24) is 24.5 Å².